The molecule has 0 fully saturated rings. The first-order valence-electron chi connectivity index (χ1n) is 5.81. The Morgan fingerprint density at radius 2 is 1.95 bits per heavy atom. The number of thiazole rings is 1. The van der Waals surface area contributed by atoms with Gasteiger partial charge >= 0.3 is 5.97 Å². The molecule has 8 heteroatoms. The van der Waals surface area contributed by atoms with E-state index in [9.17, 15) is 4.79 Å². The molecule has 0 atom stereocenters. The quantitative estimate of drug-likeness (QED) is 0.849. The van der Waals surface area contributed by atoms with E-state index in [1.54, 1.807) is 17.5 Å². The molecule has 0 unspecified atom stereocenters. The van der Waals surface area contributed by atoms with Crippen LogP contribution in [0.25, 0.3) is 0 Å². The summed E-state index contributed by atoms with van der Waals surface area (Å²) in [6.07, 6.45) is 0. The predicted octanol–water partition coefficient (Wildman–Crippen LogP) is 3.34. The van der Waals surface area contributed by atoms with Crippen LogP contribution in [0, 0.1) is 0 Å². The highest BCUT2D eigenvalue weighted by molar-refractivity contribution is 7.14. The summed E-state index contributed by atoms with van der Waals surface area (Å²) in [4.78, 5) is 15.5. The number of halogens is 1. The molecule has 0 saturated heterocycles. The number of rotatable bonds is 5. The number of esters is 1. The monoisotopic (exact) mass is 328 g/mol. The van der Waals surface area contributed by atoms with Crippen LogP contribution in [0.5, 0.6) is 11.5 Å². The smallest absolute Gasteiger partial charge is 0.357 e. The van der Waals surface area contributed by atoms with E-state index in [2.05, 4.69) is 15.0 Å². The van der Waals surface area contributed by atoms with Crippen LogP contribution in [0.2, 0.25) is 5.02 Å². The van der Waals surface area contributed by atoms with Crippen LogP contribution < -0.4 is 14.8 Å². The molecule has 0 saturated carbocycles. The molecule has 0 radical (unpaired) electrons. The average Bonchev–Trinajstić information content (AvgIpc) is 2.96. The van der Waals surface area contributed by atoms with Crippen molar-refractivity contribution in [3.8, 4) is 11.5 Å². The summed E-state index contributed by atoms with van der Waals surface area (Å²) in [5, 5.41) is 5.63. The van der Waals surface area contributed by atoms with Gasteiger partial charge in [-0.25, -0.2) is 9.78 Å². The lowest BCUT2D eigenvalue weighted by atomic mass is 10.2. The second-order valence-corrected chi connectivity index (χ2v) is 5.11. The highest BCUT2D eigenvalue weighted by Gasteiger charge is 2.14. The molecular weight excluding hydrogens is 316 g/mol. The van der Waals surface area contributed by atoms with Gasteiger partial charge in [-0.2, -0.15) is 0 Å². The Bertz CT molecular complexity index is 660. The standard InChI is InChI=1S/C13H13ClN2O4S/c1-18-10-5-8(11(19-2)4-7(10)14)15-13-16-9(6-21-13)12(17)20-3/h4-6H,1-3H3,(H,15,16). The zero-order valence-electron chi connectivity index (χ0n) is 11.6. The highest BCUT2D eigenvalue weighted by atomic mass is 35.5. The van der Waals surface area contributed by atoms with Gasteiger partial charge in [0.05, 0.1) is 32.0 Å². The summed E-state index contributed by atoms with van der Waals surface area (Å²) in [5.41, 5.74) is 0.870. The summed E-state index contributed by atoms with van der Waals surface area (Å²) < 4.78 is 15.0. The van der Waals surface area contributed by atoms with Gasteiger partial charge in [0.1, 0.15) is 11.5 Å². The molecule has 0 bridgehead atoms. The fourth-order valence-corrected chi connectivity index (χ4v) is 2.53. The molecule has 0 aliphatic rings. The molecule has 6 nitrogen and oxygen atoms in total. The van der Waals surface area contributed by atoms with Crippen LogP contribution in [-0.2, 0) is 4.74 Å². The maximum atomic E-state index is 11.4. The Morgan fingerprint density at radius 1 is 1.24 bits per heavy atom. The van der Waals surface area contributed by atoms with E-state index in [-0.39, 0.29) is 5.69 Å². The lowest BCUT2D eigenvalue weighted by Crippen LogP contribution is -2.02. The van der Waals surface area contributed by atoms with E-state index in [4.69, 9.17) is 21.1 Å². The second-order valence-electron chi connectivity index (χ2n) is 3.84. The zero-order valence-corrected chi connectivity index (χ0v) is 13.2. The van der Waals surface area contributed by atoms with Crippen molar-refractivity contribution >= 4 is 39.7 Å². The summed E-state index contributed by atoms with van der Waals surface area (Å²) in [5.74, 6) is 0.556. The Morgan fingerprint density at radius 3 is 2.57 bits per heavy atom. The third kappa shape index (κ3) is 3.37. The van der Waals surface area contributed by atoms with Crippen molar-refractivity contribution < 1.29 is 19.0 Å². The molecule has 0 aliphatic carbocycles. The van der Waals surface area contributed by atoms with Crippen molar-refractivity contribution in [3.63, 3.8) is 0 Å². The Balaban J connectivity index is 2.30. The van der Waals surface area contributed by atoms with Gasteiger partial charge in [0.25, 0.3) is 0 Å². The lowest BCUT2D eigenvalue weighted by Gasteiger charge is -2.12. The van der Waals surface area contributed by atoms with Crippen LogP contribution in [-0.4, -0.2) is 32.3 Å². The fourth-order valence-electron chi connectivity index (χ4n) is 1.60. The van der Waals surface area contributed by atoms with Gasteiger partial charge in [-0.15, -0.1) is 11.3 Å². The van der Waals surface area contributed by atoms with Crippen molar-refractivity contribution in [3.05, 3.63) is 28.2 Å². The van der Waals surface area contributed by atoms with Gasteiger partial charge in [-0.05, 0) is 0 Å². The summed E-state index contributed by atoms with van der Waals surface area (Å²) in [6, 6.07) is 3.33. The molecule has 0 amide bonds. The minimum absolute atomic E-state index is 0.241. The van der Waals surface area contributed by atoms with Crippen LogP contribution in [0.1, 0.15) is 10.5 Å². The number of nitrogens with one attached hydrogen (secondary N) is 1. The number of methoxy groups -OCH3 is 3. The maximum Gasteiger partial charge on any atom is 0.357 e. The SMILES string of the molecule is COC(=O)c1csc(Nc2cc(OC)c(Cl)cc2OC)n1. The van der Waals surface area contributed by atoms with Crippen molar-refractivity contribution in [1.29, 1.82) is 0 Å². The summed E-state index contributed by atoms with van der Waals surface area (Å²) >= 11 is 7.31. The first kappa shape index (κ1) is 15.4. The molecule has 112 valence electrons. The molecule has 21 heavy (non-hydrogen) atoms. The zero-order chi connectivity index (χ0) is 15.4. The van der Waals surface area contributed by atoms with Gasteiger partial charge < -0.3 is 19.5 Å². The molecule has 1 aromatic heterocycles. The molecule has 2 rings (SSSR count). The van der Waals surface area contributed by atoms with Gasteiger partial charge in [0, 0.05) is 17.5 Å². The topological polar surface area (TPSA) is 69.7 Å². The fraction of sp³-hybridized carbons (Fsp3) is 0.231. The van der Waals surface area contributed by atoms with Crippen molar-refractivity contribution in [1.82, 2.24) is 4.98 Å². The van der Waals surface area contributed by atoms with Gasteiger partial charge in [-0.1, -0.05) is 11.6 Å². The van der Waals surface area contributed by atoms with Crippen LogP contribution in [0.4, 0.5) is 10.8 Å². The predicted molar refractivity (Wildman–Crippen MR) is 81.3 cm³/mol. The molecule has 0 aliphatic heterocycles. The van der Waals surface area contributed by atoms with E-state index >= 15 is 0 Å². The molecule has 1 N–H and O–H groups in total. The van der Waals surface area contributed by atoms with E-state index in [1.807, 2.05) is 0 Å². The number of hydrogen-bond donors (Lipinski definition) is 1. The largest absolute Gasteiger partial charge is 0.495 e. The molecule has 0 spiro atoms. The highest BCUT2D eigenvalue weighted by Crippen LogP contribution is 2.37. The first-order valence-corrected chi connectivity index (χ1v) is 7.07. The number of carbonyl (C=O) groups is 1. The minimum Gasteiger partial charge on any atom is -0.495 e. The third-order valence-corrected chi connectivity index (χ3v) is 3.67. The molecule has 1 heterocycles. The second kappa shape index (κ2) is 6.64. The maximum absolute atomic E-state index is 11.4. The van der Waals surface area contributed by atoms with E-state index < -0.39 is 5.97 Å². The Kier molecular flexibility index (Phi) is 4.87. The van der Waals surface area contributed by atoms with Crippen LogP contribution in [0.15, 0.2) is 17.5 Å². The third-order valence-electron chi connectivity index (χ3n) is 2.61. The Hall–Kier alpha value is -1.99. The van der Waals surface area contributed by atoms with Crippen molar-refractivity contribution in [2.24, 2.45) is 0 Å². The minimum atomic E-state index is -0.486. The number of ether oxygens (including phenoxy) is 3. The van der Waals surface area contributed by atoms with Crippen molar-refractivity contribution in [2.45, 2.75) is 0 Å². The molecule has 2 aromatic rings. The number of hydrogen-bond acceptors (Lipinski definition) is 7. The van der Waals surface area contributed by atoms with Gasteiger partial charge in [0.2, 0.25) is 0 Å². The summed E-state index contributed by atoms with van der Waals surface area (Å²) in [6.45, 7) is 0. The lowest BCUT2D eigenvalue weighted by molar-refractivity contribution is 0.0595. The molecular formula is C13H13ClN2O4S. The number of carbonyl (C=O) groups excluding carboxylic acids is 1. The van der Waals surface area contributed by atoms with Crippen molar-refractivity contribution in [2.75, 3.05) is 26.6 Å². The first-order chi connectivity index (χ1) is 10.1. The van der Waals surface area contributed by atoms with Gasteiger partial charge in [0.15, 0.2) is 10.8 Å². The number of aromatic nitrogens is 1. The Labute approximate surface area is 130 Å². The van der Waals surface area contributed by atoms with Crippen LogP contribution >= 0.6 is 22.9 Å². The number of anilines is 2. The van der Waals surface area contributed by atoms with Crippen LogP contribution in [0.3, 0.4) is 0 Å². The van der Waals surface area contributed by atoms with E-state index in [0.29, 0.717) is 27.3 Å². The van der Waals surface area contributed by atoms with E-state index in [0.717, 1.165) is 0 Å². The number of benzene rings is 1. The molecule has 1 aromatic carbocycles. The number of nitrogens with zero attached hydrogens (tertiary/aromatic N) is 1. The average molecular weight is 329 g/mol. The van der Waals surface area contributed by atoms with Gasteiger partial charge in [-0.3, -0.25) is 0 Å². The normalized spacial score (nSPS) is 10.1. The summed E-state index contributed by atoms with van der Waals surface area (Å²) in [7, 11) is 4.36. The van der Waals surface area contributed by atoms with E-state index in [1.165, 1.54) is 32.7 Å².